The summed E-state index contributed by atoms with van der Waals surface area (Å²) in [4.78, 5) is 24.3. The van der Waals surface area contributed by atoms with E-state index in [0.717, 1.165) is 6.54 Å². The molecule has 1 rings (SSSR count). The molecule has 1 fully saturated rings. The summed E-state index contributed by atoms with van der Waals surface area (Å²) < 4.78 is 0. The van der Waals surface area contributed by atoms with Gasteiger partial charge in [0.1, 0.15) is 5.78 Å². The van der Waals surface area contributed by atoms with Gasteiger partial charge in [-0.25, -0.2) is 0 Å². The Kier molecular flexibility index (Phi) is 3.03. The number of hydrogen-bond donors (Lipinski definition) is 1. The largest absolute Gasteiger partial charge is 0.353 e. The molecule has 0 saturated carbocycles. The minimum atomic E-state index is -0.187. The fraction of sp³-hybridized carbons (Fsp3) is 0.778. The number of piperazine rings is 1. The standard InChI is InChI=1S/C9H16N2O2/c1-6(8(3)12)11-5-4-10-9(13)7(11)2/h6-7H,4-5H2,1-3H3,(H,10,13). The van der Waals surface area contributed by atoms with Gasteiger partial charge in [0.2, 0.25) is 5.91 Å². The van der Waals surface area contributed by atoms with Crippen LogP contribution in [0.1, 0.15) is 20.8 Å². The molecule has 1 saturated heterocycles. The number of nitrogens with one attached hydrogen (secondary N) is 1. The van der Waals surface area contributed by atoms with Crippen LogP contribution < -0.4 is 5.32 Å². The van der Waals surface area contributed by atoms with Crippen molar-refractivity contribution in [3.63, 3.8) is 0 Å². The molecular weight excluding hydrogens is 168 g/mol. The van der Waals surface area contributed by atoms with Gasteiger partial charge in [0.25, 0.3) is 0 Å². The summed E-state index contributed by atoms with van der Waals surface area (Å²) in [6.07, 6.45) is 0. The molecule has 2 atom stereocenters. The van der Waals surface area contributed by atoms with Crippen molar-refractivity contribution in [1.29, 1.82) is 0 Å². The highest BCUT2D eigenvalue weighted by Crippen LogP contribution is 2.09. The number of hydrogen-bond acceptors (Lipinski definition) is 3. The molecule has 0 aromatic carbocycles. The predicted octanol–water partition coefficient (Wildman–Crippen LogP) is -0.216. The Balaban J connectivity index is 2.67. The first-order valence-electron chi connectivity index (χ1n) is 4.58. The van der Waals surface area contributed by atoms with Crippen molar-refractivity contribution >= 4 is 11.7 Å². The number of rotatable bonds is 2. The van der Waals surface area contributed by atoms with Crippen LogP contribution in [0.25, 0.3) is 0 Å². The second-order valence-electron chi connectivity index (χ2n) is 3.49. The first-order valence-corrected chi connectivity index (χ1v) is 4.58. The number of amides is 1. The number of Topliss-reactive ketones (excluding diaryl/α,β-unsaturated/α-hetero) is 1. The van der Waals surface area contributed by atoms with Gasteiger partial charge in [-0.05, 0) is 20.8 Å². The Morgan fingerprint density at radius 2 is 2.31 bits per heavy atom. The highest BCUT2D eigenvalue weighted by molar-refractivity contribution is 5.85. The average molecular weight is 184 g/mol. The van der Waals surface area contributed by atoms with E-state index in [0.29, 0.717) is 6.54 Å². The summed E-state index contributed by atoms with van der Waals surface area (Å²) in [5.74, 6) is 0.126. The summed E-state index contributed by atoms with van der Waals surface area (Å²) in [6.45, 7) is 6.63. The third-order valence-electron chi connectivity index (χ3n) is 2.63. The van der Waals surface area contributed by atoms with E-state index >= 15 is 0 Å². The lowest BCUT2D eigenvalue weighted by atomic mass is 10.1. The van der Waals surface area contributed by atoms with Crippen molar-refractivity contribution in [3.8, 4) is 0 Å². The molecule has 1 heterocycles. The van der Waals surface area contributed by atoms with Crippen molar-refractivity contribution in [2.75, 3.05) is 13.1 Å². The van der Waals surface area contributed by atoms with Crippen molar-refractivity contribution in [2.45, 2.75) is 32.9 Å². The Labute approximate surface area is 78.3 Å². The summed E-state index contributed by atoms with van der Waals surface area (Å²) in [6, 6.07) is -0.339. The predicted molar refractivity (Wildman–Crippen MR) is 49.3 cm³/mol. The number of nitrogens with zero attached hydrogens (tertiary/aromatic N) is 1. The lowest BCUT2D eigenvalue weighted by molar-refractivity contribution is -0.132. The minimum absolute atomic E-state index is 0.0133. The maximum atomic E-state index is 11.3. The van der Waals surface area contributed by atoms with E-state index in [4.69, 9.17) is 0 Å². The maximum Gasteiger partial charge on any atom is 0.237 e. The normalized spacial score (nSPS) is 26.7. The van der Waals surface area contributed by atoms with E-state index in [2.05, 4.69) is 5.32 Å². The van der Waals surface area contributed by atoms with Crippen LogP contribution in [-0.2, 0) is 9.59 Å². The molecule has 2 unspecified atom stereocenters. The first kappa shape index (κ1) is 10.2. The molecule has 74 valence electrons. The van der Waals surface area contributed by atoms with E-state index < -0.39 is 0 Å². The lowest BCUT2D eigenvalue weighted by Gasteiger charge is -2.36. The number of ketones is 1. The van der Waals surface area contributed by atoms with Crippen molar-refractivity contribution in [1.82, 2.24) is 10.2 Å². The highest BCUT2D eigenvalue weighted by atomic mass is 16.2. The van der Waals surface area contributed by atoms with Crippen LogP contribution in [0, 0.1) is 0 Å². The molecule has 0 bridgehead atoms. The van der Waals surface area contributed by atoms with E-state index in [1.165, 1.54) is 0 Å². The molecule has 1 aliphatic heterocycles. The first-order chi connectivity index (χ1) is 6.04. The third-order valence-corrected chi connectivity index (χ3v) is 2.63. The summed E-state index contributed by atoms with van der Waals surface area (Å²) in [7, 11) is 0. The summed E-state index contributed by atoms with van der Waals surface area (Å²) in [5, 5.41) is 2.76. The molecule has 13 heavy (non-hydrogen) atoms. The maximum absolute atomic E-state index is 11.3. The highest BCUT2D eigenvalue weighted by Gasteiger charge is 2.30. The van der Waals surface area contributed by atoms with Crippen LogP contribution in [0.5, 0.6) is 0 Å². The van der Waals surface area contributed by atoms with Crippen LogP contribution in [0.3, 0.4) is 0 Å². The Morgan fingerprint density at radius 3 is 2.85 bits per heavy atom. The molecule has 0 spiro atoms. The quantitative estimate of drug-likeness (QED) is 0.645. The number of carbonyl (C=O) groups is 2. The van der Waals surface area contributed by atoms with Crippen molar-refractivity contribution in [3.05, 3.63) is 0 Å². The molecule has 1 aliphatic rings. The third kappa shape index (κ3) is 2.06. The Morgan fingerprint density at radius 1 is 1.69 bits per heavy atom. The zero-order valence-electron chi connectivity index (χ0n) is 8.33. The van der Waals surface area contributed by atoms with Gasteiger partial charge in [-0.15, -0.1) is 0 Å². The second kappa shape index (κ2) is 3.87. The topological polar surface area (TPSA) is 49.4 Å². The fourth-order valence-electron chi connectivity index (χ4n) is 1.56. The SMILES string of the molecule is CC(=O)C(C)N1CCNC(=O)C1C. The van der Waals surface area contributed by atoms with Crippen LogP contribution in [0.4, 0.5) is 0 Å². The monoisotopic (exact) mass is 184 g/mol. The Bertz CT molecular complexity index is 224. The second-order valence-corrected chi connectivity index (χ2v) is 3.49. The zero-order chi connectivity index (χ0) is 10.0. The molecule has 0 radical (unpaired) electrons. The van der Waals surface area contributed by atoms with Crippen LogP contribution in [0.15, 0.2) is 0 Å². The van der Waals surface area contributed by atoms with Crippen LogP contribution in [-0.4, -0.2) is 41.8 Å². The van der Waals surface area contributed by atoms with Gasteiger partial charge in [0.15, 0.2) is 0 Å². The van der Waals surface area contributed by atoms with Crippen LogP contribution >= 0.6 is 0 Å². The molecule has 1 N–H and O–H groups in total. The van der Waals surface area contributed by atoms with Gasteiger partial charge in [-0.1, -0.05) is 0 Å². The minimum Gasteiger partial charge on any atom is -0.353 e. The van der Waals surface area contributed by atoms with Crippen LogP contribution in [0.2, 0.25) is 0 Å². The smallest absolute Gasteiger partial charge is 0.237 e. The Hall–Kier alpha value is -0.900. The van der Waals surface area contributed by atoms with Gasteiger partial charge in [-0.2, -0.15) is 0 Å². The fourth-order valence-corrected chi connectivity index (χ4v) is 1.56. The van der Waals surface area contributed by atoms with Gasteiger partial charge in [-0.3, -0.25) is 14.5 Å². The molecule has 0 aromatic heterocycles. The molecule has 1 amide bonds. The van der Waals surface area contributed by atoms with E-state index in [-0.39, 0.29) is 23.8 Å². The van der Waals surface area contributed by atoms with Gasteiger partial charge < -0.3 is 5.32 Å². The van der Waals surface area contributed by atoms with E-state index in [1.807, 2.05) is 18.7 Å². The molecular formula is C9H16N2O2. The summed E-state index contributed by atoms with van der Waals surface area (Å²) >= 11 is 0. The molecule has 0 aliphatic carbocycles. The van der Waals surface area contributed by atoms with Gasteiger partial charge in [0.05, 0.1) is 12.1 Å². The van der Waals surface area contributed by atoms with Gasteiger partial charge in [0, 0.05) is 13.1 Å². The summed E-state index contributed by atoms with van der Waals surface area (Å²) in [5.41, 5.74) is 0. The zero-order valence-corrected chi connectivity index (χ0v) is 8.33. The lowest BCUT2D eigenvalue weighted by Crippen LogP contribution is -2.57. The van der Waals surface area contributed by atoms with Crippen molar-refractivity contribution < 1.29 is 9.59 Å². The molecule has 4 nitrogen and oxygen atoms in total. The molecule has 0 aromatic rings. The number of carbonyl (C=O) groups excluding carboxylic acids is 2. The van der Waals surface area contributed by atoms with Crippen molar-refractivity contribution in [2.24, 2.45) is 0 Å². The molecule has 4 heteroatoms. The van der Waals surface area contributed by atoms with Gasteiger partial charge >= 0.3 is 0 Å². The average Bonchev–Trinajstić information content (AvgIpc) is 2.08. The van der Waals surface area contributed by atoms with E-state index in [1.54, 1.807) is 6.92 Å². The van der Waals surface area contributed by atoms with E-state index in [9.17, 15) is 9.59 Å².